The number of nitrogens with one attached hydrogen (secondary N) is 1. The van der Waals surface area contributed by atoms with Crippen molar-refractivity contribution in [3.63, 3.8) is 0 Å². The van der Waals surface area contributed by atoms with Gasteiger partial charge in [0.2, 0.25) is 0 Å². The summed E-state index contributed by atoms with van der Waals surface area (Å²) in [5.74, 6) is 0.667. The van der Waals surface area contributed by atoms with Crippen LogP contribution in [0.2, 0.25) is 0 Å². The molecule has 2 aromatic rings. The van der Waals surface area contributed by atoms with Crippen LogP contribution in [0, 0.1) is 11.3 Å². The molecular weight excluding hydrogens is 222 g/mol. The van der Waals surface area contributed by atoms with E-state index in [1.165, 1.54) is 0 Å². The molecule has 1 N–H and O–H groups in total. The van der Waals surface area contributed by atoms with E-state index in [9.17, 15) is 0 Å². The van der Waals surface area contributed by atoms with Gasteiger partial charge in [-0.3, -0.25) is 0 Å². The van der Waals surface area contributed by atoms with Gasteiger partial charge >= 0.3 is 0 Å². The largest absolute Gasteiger partial charge is 0.369 e. The summed E-state index contributed by atoms with van der Waals surface area (Å²) in [6, 6.07) is 11.9. The first-order valence-corrected chi connectivity index (χ1v) is 6.00. The molecule has 0 bridgehead atoms. The molecule has 0 saturated carbocycles. The Bertz CT molecular complexity index is 596. The Hall–Kier alpha value is -2.34. The number of anilines is 1. The normalized spacial score (nSPS) is 9.94. The van der Waals surface area contributed by atoms with Crippen LogP contribution in [0.3, 0.4) is 0 Å². The Morgan fingerprint density at radius 3 is 3.00 bits per heavy atom. The highest BCUT2D eigenvalue weighted by atomic mass is 15.0. The van der Waals surface area contributed by atoms with Crippen molar-refractivity contribution >= 4 is 16.7 Å². The first kappa shape index (κ1) is 12.1. The second-order valence-corrected chi connectivity index (χ2v) is 4.05. The topological polar surface area (TPSA) is 48.7 Å². The van der Waals surface area contributed by atoms with Crippen LogP contribution in [0.25, 0.3) is 10.9 Å². The number of fused-ring (bicyclic) bond motifs is 1. The van der Waals surface area contributed by atoms with Crippen LogP contribution in [-0.2, 0) is 0 Å². The quantitative estimate of drug-likeness (QED) is 0.639. The molecule has 0 aliphatic carbocycles. The number of nitriles is 1. The van der Waals surface area contributed by atoms with Gasteiger partial charge in [0, 0.05) is 11.9 Å². The molecule has 18 heavy (non-hydrogen) atoms. The number of benzene rings is 1. The lowest BCUT2D eigenvalue weighted by Crippen LogP contribution is -2.05. The van der Waals surface area contributed by atoms with Crippen molar-refractivity contribution in [3.8, 4) is 6.07 Å². The number of aromatic nitrogens is 1. The summed E-state index contributed by atoms with van der Waals surface area (Å²) in [5.41, 5.74) is 1.50. The molecule has 0 aliphatic rings. The van der Waals surface area contributed by atoms with Gasteiger partial charge in [0.25, 0.3) is 0 Å². The third kappa shape index (κ3) is 2.67. The maximum atomic E-state index is 9.13. The fourth-order valence-electron chi connectivity index (χ4n) is 1.79. The molecule has 0 spiro atoms. The molecule has 0 amide bonds. The van der Waals surface area contributed by atoms with Crippen molar-refractivity contribution in [2.75, 3.05) is 11.9 Å². The van der Waals surface area contributed by atoms with Gasteiger partial charge in [-0.2, -0.15) is 5.26 Å². The molecule has 90 valence electrons. The second kappa shape index (κ2) is 5.83. The Morgan fingerprint density at radius 2 is 2.22 bits per heavy atom. The fourth-order valence-corrected chi connectivity index (χ4v) is 1.79. The van der Waals surface area contributed by atoms with Gasteiger partial charge in [-0.25, -0.2) is 4.98 Å². The molecule has 0 radical (unpaired) electrons. The lowest BCUT2D eigenvalue weighted by molar-refractivity contribution is 0.886. The minimum Gasteiger partial charge on any atom is -0.369 e. The van der Waals surface area contributed by atoms with Crippen LogP contribution in [0.1, 0.15) is 18.4 Å². The molecule has 0 atom stereocenters. The average molecular weight is 237 g/mol. The van der Waals surface area contributed by atoms with E-state index in [1.807, 2.05) is 36.4 Å². The Balaban J connectivity index is 2.25. The Labute approximate surface area is 107 Å². The van der Waals surface area contributed by atoms with Crippen molar-refractivity contribution in [1.29, 1.82) is 5.26 Å². The molecule has 0 fully saturated rings. The number of allylic oxidation sites excluding steroid dienone is 1. The molecule has 3 nitrogen and oxygen atoms in total. The zero-order valence-electron chi connectivity index (χ0n) is 10.2. The number of nitrogens with zero attached hydrogens (tertiary/aromatic N) is 2. The van der Waals surface area contributed by atoms with Crippen LogP contribution < -0.4 is 5.32 Å². The van der Waals surface area contributed by atoms with Gasteiger partial charge in [-0.15, -0.1) is 6.58 Å². The Kier molecular flexibility index (Phi) is 3.93. The minimum absolute atomic E-state index is 0.590. The molecular formula is C15H15N3. The van der Waals surface area contributed by atoms with E-state index in [0.717, 1.165) is 30.3 Å². The summed E-state index contributed by atoms with van der Waals surface area (Å²) in [6.07, 6.45) is 3.84. The maximum Gasteiger partial charge on any atom is 0.144 e. The standard InChI is InChI=1S/C15H15N3/c1-2-3-6-9-17-15-13(11-16)10-12-7-4-5-8-14(12)18-15/h2,4-5,7-8,10H,1,3,6,9H2,(H,17,18). The van der Waals surface area contributed by atoms with Gasteiger partial charge in [0.15, 0.2) is 0 Å². The summed E-state index contributed by atoms with van der Waals surface area (Å²) in [5, 5.41) is 13.3. The van der Waals surface area contributed by atoms with Crippen LogP contribution >= 0.6 is 0 Å². The van der Waals surface area contributed by atoms with Crippen LogP contribution in [-0.4, -0.2) is 11.5 Å². The van der Waals surface area contributed by atoms with E-state index in [1.54, 1.807) is 0 Å². The van der Waals surface area contributed by atoms with Gasteiger partial charge in [0.05, 0.1) is 11.1 Å². The van der Waals surface area contributed by atoms with Gasteiger partial charge in [-0.05, 0) is 25.0 Å². The Morgan fingerprint density at radius 1 is 1.39 bits per heavy atom. The summed E-state index contributed by atoms with van der Waals surface area (Å²) in [6.45, 7) is 4.48. The first-order valence-electron chi connectivity index (χ1n) is 6.00. The highest BCUT2D eigenvalue weighted by molar-refractivity contribution is 5.82. The van der Waals surface area contributed by atoms with Crippen LogP contribution in [0.15, 0.2) is 43.0 Å². The maximum absolute atomic E-state index is 9.13. The highest BCUT2D eigenvalue weighted by Gasteiger charge is 2.05. The van der Waals surface area contributed by atoms with E-state index in [2.05, 4.69) is 22.9 Å². The zero-order valence-corrected chi connectivity index (χ0v) is 10.2. The number of para-hydroxylation sites is 1. The van der Waals surface area contributed by atoms with Gasteiger partial charge < -0.3 is 5.32 Å². The van der Waals surface area contributed by atoms with E-state index >= 15 is 0 Å². The molecule has 0 unspecified atom stereocenters. The smallest absolute Gasteiger partial charge is 0.144 e. The van der Waals surface area contributed by atoms with Crippen LogP contribution in [0.5, 0.6) is 0 Å². The third-order valence-electron chi connectivity index (χ3n) is 2.72. The predicted octanol–water partition coefficient (Wildman–Crippen LogP) is 3.48. The fraction of sp³-hybridized carbons (Fsp3) is 0.200. The van der Waals surface area contributed by atoms with Crippen molar-refractivity contribution in [1.82, 2.24) is 4.98 Å². The monoisotopic (exact) mass is 237 g/mol. The summed E-state index contributed by atoms with van der Waals surface area (Å²) >= 11 is 0. The van der Waals surface area contributed by atoms with E-state index in [0.29, 0.717) is 11.4 Å². The molecule has 0 saturated heterocycles. The third-order valence-corrected chi connectivity index (χ3v) is 2.72. The van der Waals surface area contributed by atoms with Crippen molar-refractivity contribution in [2.24, 2.45) is 0 Å². The average Bonchev–Trinajstić information content (AvgIpc) is 2.42. The van der Waals surface area contributed by atoms with Crippen molar-refractivity contribution in [3.05, 3.63) is 48.6 Å². The number of pyridine rings is 1. The SMILES string of the molecule is C=CCCCNc1nc2ccccc2cc1C#N. The van der Waals surface area contributed by atoms with Crippen molar-refractivity contribution in [2.45, 2.75) is 12.8 Å². The highest BCUT2D eigenvalue weighted by Crippen LogP contribution is 2.19. The molecule has 3 heteroatoms. The van der Waals surface area contributed by atoms with E-state index < -0.39 is 0 Å². The molecule has 1 aromatic heterocycles. The summed E-state index contributed by atoms with van der Waals surface area (Å²) < 4.78 is 0. The zero-order chi connectivity index (χ0) is 12.8. The molecule has 0 aliphatic heterocycles. The van der Waals surface area contributed by atoms with Crippen LogP contribution in [0.4, 0.5) is 5.82 Å². The summed E-state index contributed by atoms with van der Waals surface area (Å²) in [4.78, 5) is 4.48. The van der Waals surface area contributed by atoms with E-state index in [4.69, 9.17) is 5.26 Å². The molecule has 1 aromatic carbocycles. The molecule has 1 heterocycles. The van der Waals surface area contributed by atoms with Gasteiger partial charge in [-0.1, -0.05) is 24.3 Å². The lowest BCUT2D eigenvalue weighted by atomic mass is 10.1. The van der Waals surface area contributed by atoms with E-state index in [-0.39, 0.29) is 0 Å². The number of unbranched alkanes of at least 4 members (excludes halogenated alkanes) is 1. The minimum atomic E-state index is 0.590. The summed E-state index contributed by atoms with van der Waals surface area (Å²) in [7, 11) is 0. The first-order chi connectivity index (χ1) is 8.85. The number of hydrogen-bond donors (Lipinski definition) is 1. The number of hydrogen-bond acceptors (Lipinski definition) is 3. The molecule has 2 rings (SSSR count). The number of rotatable bonds is 5. The van der Waals surface area contributed by atoms with Gasteiger partial charge in [0.1, 0.15) is 11.9 Å². The second-order valence-electron chi connectivity index (χ2n) is 4.05. The van der Waals surface area contributed by atoms with Crippen molar-refractivity contribution < 1.29 is 0 Å². The predicted molar refractivity (Wildman–Crippen MR) is 74.4 cm³/mol. The lowest BCUT2D eigenvalue weighted by Gasteiger charge is -2.08.